The molecule has 2 N–H and O–H groups in total. The maximum Gasteiger partial charge on any atom is 0.320 e. The van der Waals surface area contributed by atoms with Crippen LogP contribution in [-0.4, -0.2) is 43.9 Å². The third-order valence-electron chi connectivity index (χ3n) is 4.98. The third kappa shape index (κ3) is 4.01. The van der Waals surface area contributed by atoms with Crippen LogP contribution in [0.15, 0.2) is 30.7 Å². The summed E-state index contributed by atoms with van der Waals surface area (Å²) in [6.45, 7) is 4.52. The number of fused-ring (bicyclic) bond motifs is 1. The second kappa shape index (κ2) is 8.14. The number of nitrogens with two attached hydrogens (primary N) is 1. The molecule has 27 heavy (non-hydrogen) atoms. The van der Waals surface area contributed by atoms with Crippen LogP contribution in [0.1, 0.15) is 37.4 Å². The van der Waals surface area contributed by atoms with E-state index in [2.05, 4.69) is 22.1 Å². The number of anilines is 1. The van der Waals surface area contributed by atoms with Gasteiger partial charge in [-0.05, 0) is 43.0 Å². The van der Waals surface area contributed by atoms with E-state index < -0.39 is 17.0 Å². The van der Waals surface area contributed by atoms with Crippen LogP contribution in [0.3, 0.4) is 0 Å². The predicted molar refractivity (Wildman–Crippen MR) is 108 cm³/mol. The summed E-state index contributed by atoms with van der Waals surface area (Å²) in [6, 6.07) is 3.62. The molecular formula is C19H25N5O2S. The zero-order valence-corrected chi connectivity index (χ0v) is 16.7. The minimum Gasteiger partial charge on any atom is -0.351 e. The van der Waals surface area contributed by atoms with E-state index in [4.69, 9.17) is 5.73 Å². The summed E-state index contributed by atoms with van der Waals surface area (Å²) in [4.78, 5) is 22.0. The number of carbonyl (C=O) groups excluding carboxylic acids is 1. The molecule has 2 aromatic rings. The zero-order chi connectivity index (χ0) is 19.6. The van der Waals surface area contributed by atoms with Crippen molar-refractivity contribution in [1.82, 2.24) is 14.3 Å². The molecule has 2 amide bonds. The fraction of sp³-hybridized carbons (Fsp3) is 0.421. The summed E-state index contributed by atoms with van der Waals surface area (Å²) in [5.41, 5.74) is 9.35. The fourth-order valence-electron chi connectivity index (χ4n) is 3.27. The lowest BCUT2D eigenvalue weighted by molar-refractivity contribution is 0.253. The Balaban J connectivity index is 1.92. The van der Waals surface area contributed by atoms with E-state index >= 15 is 0 Å². The number of hydrogen-bond donors (Lipinski definition) is 1. The molecule has 0 spiro atoms. The number of rotatable bonds is 5. The number of urea groups is 1. The third-order valence-corrected chi connectivity index (χ3v) is 6.43. The number of amides is 2. The molecule has 3 heterocycles. The first-order valence-corrected chi connectivity index (χ1v) is 10.3. The first-order chi connectivity index (χ1) is 12.9. The summed E-state index contributed by atoms with van der Waals surface area (Å²) in [5.74, 6) is 1.23. The lowest BCUT2D eigenvalue weighted by Crippen LogP contribution is -2.40. The number of primary amides is 1. The van der Waals surface area contributed by atoms with Gasteiger partial charge in [-0.2, -0.15) is 0 Å². The molecule has 2 aromatic heterocycles. The van der Waals surface area contributed by atoms with Crippen molar-refractivity contribution in [2.24, 2.45) is 5.73 Å². The SMILES string of the molecule is CCS(=O)N(C)C(C)c1cncc(-c2cnc3c(c2)CCCN3C(N)=O)c1. The van der Waals surface area contributed by atoms with Gasteiger partial charge in [-0.15, -0.1) is 0 Å². The van der Waals surface area contributed by atoms with Crippen LogP contribution in [-0.2, 0) is 17.4 Å². The lowest BCUT2D eigenvalue weighted by atomic mass is 10.00. The molecule has 0 radical (unpaired) electrons. The van der Waals surface area contributed by atoms with Crippen LogP contribution in [0.4, 0.5) is 10.6 Å². The van der Waals surface area contributed by atoms with Gasteiger partial charge in [0.05, 0.1) is 11.0 Å². The summed E-state index contributed by atoms with van der Waals surface area (Å²) in [5, 5.41) is 0. The molecule has 3 rings (SSSR count). The Labute approximate surface area is 162 Å². The second-order valence-electron chi connectivity index (χ2n) is 6.64. The van der Waals surface area contributed by atoms with Gasteiger partial charge < -0.3 is 5.73 Å². The summed E-state index contributed by atoms with van der Waals surface area (Å²) >= 11 is 0. The van der Waals surface area contributed by atoms with E-state index in [1.54, 1.807) is 18.6 Å². The Kier molecular flexibility index (Phi) is 5.86. The predicted octanol–water partition coefficient (Wildman–Crippen LogP) is 2.65. The van der Waals surface area contributed by atoms with Crippen LogP contribution < -0.4 is 10.6 Å². The van der Waals surface area contributed by atoms with Crippen LogP contribution in [0.5, 0.6) is 0 Å². The van der Waals surface area contributed by atoms with Gasteiger partial charge in [0.1, 0.15) is 5.82 Å². The van der Waals surface area contributed by atoms with E-state index in [0.29, 0.717) is 18.1 Å². The highest BCUT2D eigenvalue weighted by molar-refractivity contribution is 7.82. The number of pyridine rings is 2. The van der Waals surface area contributed by atoms with Gasteiger partial charge in [0, 0.05) is 55.1 Å². The molecule has 7 nitrogen and oxygen atoms in total. The number of nitrogens with zero attached hydrogens (tertiary/aromatic N) is 4. The highest BCUT2D eigenvalue weighted by atomic mass is 32.2. The normalized spacial score (nSPS) is 16.1. The monoisotopic (exact) mass is 387 g/mol. The lowest BCUT2D eigenvalue weighted by Gasteiger charge is -2.27. The fourth-order valence-corrected chi connectivity index (χ4v) is 4.15. The van der Waals surface area contributed by atoms with Crippen LogP contribution in [0, 0.1) is 0 Å². The highest BCUT2D eigenvalue weighted by Crippen LogP contribution is 2.30. The Morgan fingerprint density at radius 3 is 2.78 bits per heavy atom. The molecule has 0 bridgehead atoms. The first-order valence-electron chi connectivity index (χ1n) is 9.05. The van der Waals surface area contributed by atoms with E-state index in [-0.39, 0.29) is 6.04 Å². The van der Waals surface area contributed by atoms with Crippen molar-refractivity contribution in [2.75, 3.05) is 24.2 Å². The van der Waals surface area contributed by atoms with Crippen molar-refractivity contribution >= 4 is 22.8 Å². The van der Waals surface area contributed by atoms with Crippen molar-refractivity contribution in [3.05, 3.63) is 41.9 Å². The van der Waals surface area contributed by atoms with Crippen LogP contribution >= 0.6 is 0 Å². The number of aryl methyl sites for hydroxylation is 1. The van der Waals surface area contributed by atoms with Crippen molar-refractivity contribution in [3.8, 4) is 11.1 Å². The molecule has 144 valence electrons. The minimum absolute atomic E-state index is 0.0193. The average Bonchev–Trinajstić information content (AvgIpc) is 2.71. The van der Waals surface area contributed by atoms with Gasteiger partial charge in [0.2, 0.25) is 0 Å². The van der Waals surface area contributed by atoms with Gasteiger partial charge in [-0.1, -0.05) is 6.92 Å². The van der Waals surface area contributed by atoms with E-state index in [0.717, 1.165) is 35.1 Å². The maximum absolute atomic E-state index is 12.1. The van der Waals surface area contributed by atoms with Crippen LogP contribution in [0.25, 0.3) is 11.1 Å². The standard InChI is InChI=1S/C19H25N5O2S/c1-4-27(26)23(3)13(2)15-9-16(11-21-10-15)17-8-14-6-5-7-24(19(20)25)18(14)22-12-17/h8-13H,4-7H2,1-3H3,(H2,20,25). The Morgan fingerprint density at radius 1 is 1.33 bits per heavy atom. The van der Waals surface area contributed by atoms with E-state index in [1.807, 2.05) is 25.2 Å². The van der Waals surface area contributed by atoms with Crippen molar-refractivity contribution in [2.45, 2.75) is 32.7 Å². The summed E-state index contributed by atoms with van der Waals surface area (Å²) in [6.07, 6.45) is 7.08. The second-order valence-corrected chi connectivity index (χ2v) is 8.44. The largest absolute Gasteiger partial charge is 0.351 e. The maximum atomic E-state index is 12.1. The number of aromatic nitrogens is 2. The Bertz CT molecular complexity index is 873. The summed E-state index contributed by atoms with van der Waals surface area (Å²) in [7, 11) is 0.837. The van der Waals surface area contributed by atoms with Crippen molar-refractivity contribution in [1.29, 1.82) is 0 Å². The van der Waals surface area contributed by atoms with Crippen LogP contribution in [0.2, 0.25) is 0 Å². The first kappa shape index (κ1) is 19.4. The quantitative estimate of drug-likeness (QED) is 0.854. The molecule has 0 aliphatic carbocycles. The Hall–Kier alpha value is -2.32. The molecule has 1 aliphatic rings. The molecule has 0 fully saturated rings. The van der Waals surface area contributed by atoms with E-state index in [1.165, 1.54) is 4.90 Å². The van der Waals surface area contributed by atoms with Crippen molar-refractivity contribution < 1.29 is 9.00 Å². The molecule has 0 aromatic carbocycles. The smallest absolute Gasteiger partial charge is 0.320 e. The zero-order valence-electron chi connectivity index (χ0n) is 15.9. The van der Waals surface area contributed by atoms with E-state index in [9.17, 15) is 9.00 Å². The molecule has 8 heteroatoms. The minimum atomic E-state index is -1.02. The summed E-state index contributed by atoms with van der Waals surface area (Å²) < 4.78 is 13.9. The van der Waals surface area contributed by atoms with Gasteiger partial charge >= 0.3 is 6.03 Å². The van der Waals surface area contributed by atoms with Crippen molar-refractivity contribution in [3.63, 3.8) is 0 Å². The molecule has 0 saturated carbocycles. The molecular weight excluding hydrogens is 362 g/mol. The molecule has 2 unspecified atom stereocenters. The van der Waals surface area contributed by atoms with Gasteiger partial charge in [-0.3, -0.25) is 9.88 Å². The van der Waals surface area contributed by atoms with Gasteiger partial charge in [-0.25, -0.2) is 18.3 Å². The number of hydrogen-bond acceptors (Lipinski definition) is 4. The molecule has 0 saturated heterocycles. The van der Waals surface area contributed by atoms with Gasteiger partial charge in [0.15, 0.2) is 0 Å². The highest BCUT2D eigenvalue weighted by Gasteiger charge is 2.23. The van der Waals surface area contributed by atoms with Gasteiger partial charge in [0.25, 0.3) is 0 Å². The topological polar surface area (TPSA) is 92.4 Å². The molecule has 1 aliphatic heterocycles. The molecule has 2 atom stereocenters. The average molecular weight is 388 g/mol. The number of carbonyl (C=O) groups is 1. The Morgan fingerprint density at radius 2 is 2.07 bits per heavy atom.